The first-order chi connectivity index (χ1) is 6.84. The molecular formula is C13H13NaO. The van der Waals surface area contributed by atoms with Gasteiger partial charge in [0.2, 0.25) is 0 Å². The van der Waals surface area contributed by atoms with Crippen LogP contribution in [-0.4, -0.2) is 5.11 Å². The third kappa shape index (κ3) is 3.71. The van der Waals surface area contributed by atoms with Crippen LogP contribution in [-0.2, 0) is 6.42 Å². The van der Waals surface area contributed by atoms with E-state index in [2.05, 4.69) is 12.1 Å². The second kappa shape index (κ2) is 5.96. The van der Waals surface area contributed by atoms with Crippen molar-refractivity contribution in [3.63, 3.8) is 0 Å². The largest absolute Gasteiger partial charge is 1.00 e. The van der Waals surface area contributed by atoms with Crippen LogP contribution in [0.2, 0.25) is 0 Å². The molecule has 0 fully saturated rings. The fraction of sp³-hybridized carbons (Fsp3) is 0.0769. The third-order valence-corrected chi connectivity index (χ3v) is 2.19. The van der Waals surface area contributed by atoms with E-state index in [9.17, 15) is 0 Å². The monoisotopic (exact) mass is 208 g/mol. The van der Waals surface area contributed by atoms with Gasteiger partial charge in [0.05, 0.1) is 0 Å². The fourth-order valence-corrected chi connectivity index (χ4v) is 1.45. The molecule has 2 rings (SSSR count). The average Bonchev–Trinajstić information content (AvgIpc) is 2.23. The van der Waals surface area contributed by atoms with Gasteiger partial charge >= 0.3 is 29.6 Å². The summed E-state index contributed by atoms with van der Waals surface area (Å²) in [7, 11) is 0. The number of rotatable bonds is 2. The molecule has 0 aliphatic carbocycles. The van der Waals surface area contributed by atoms with Crippen molar-refractivity contribution in [1.29, 1.82) is 0 Å². The van der Waals surface area contributed by atoms with Crippen LogP contribution < -0.4 is 29.6 Å². The Hall–Kier alpha value is -0.760. The number of aromatic hydroxyl groups is 1. The second-order valence-corrected chi connectivity index (χ2v) is 3.33. The first-order valence-corrected chi connectivity index (χ1v) is 4.66. The molecule has 1 N–H and O–H groups in total. The normalized spacial score (nSPS) is 9.33. The number of phenols is 1. The van der Waals surface area contributed by atoms with Crippen molar-refractivity contribution < 1.29 is 36.1 Å². The third-order valence-electron chi connectivity index (χ3n) is 2.19. The number of hydrogen-bond donors (Lipinski definition) is 1. The van der Waals surface area contributed by atoms with Crippen LogP contribution in [0.5, 0.6) is 5.75 Å². The van der Waals surface area contributed by atoms with Gasteiger partial charge in [0.25, 0.3) is 0 Å². The molecule has 0 saturated carbocycles. The molecule has 72 valence electrons. The SMILES string of the molecule is Oc1ccc(Cc2ccccc2)cc1.[H-].[Na+]. The Kier molecular flexibility index (Phi) is 4.89. The molecule has 0 radical (unpaired) electrons. The molecule has 0 spiro atoms. The van der Waals surface area contributed by atoms with Gasteiger partial charge < -0.3 is 6.53 Å². The first kappa shape index (κ1) is 12.3. The van der Waals surface area contributed by atoms with Gasteiger partial charge in [-0.25, -0.2) is 0 Å². The minimum absolute atomic E-state index is 0. The van der Waals surface area contributed by atoms with Crippen LogP contribution in [0.25, 0.3) is 0 Å². The summed E-state index contributed by atoms with van der Waals surface area (Å²) in [5.41, 5.74) is 2.51. The number of hydrogen-bond acceptors (Lipinski definition) is 1. The zero-order chi connectivity index (χ0) is 9.80. The van der Waals surface area contributed by atoms with Crippen molar-refractivity contribution in [1.82, 2.24) is 0 Å². The molecule has 0 aliphatic rings. The molecule has 1 nitrogen and oxygen atoms in total. The number of benzene rings is 2. The van der Waals surface area contributed by atoms with E-state index in [1.165, 1.54) is 11.1 Å². The Labute approximate surface area is 114 Å². The van der Waals surface area contributed by atoms with Crippen molar-refractivity contribution in [3.05, 3.63) is 65.7 Å². The van der Waals surface area contributed by atoms with Gasteiger partial charge in [0.1, 0.15) is 5.75 Å². The van der Waals surface area contributed by atoms with E-state index in [1.54, 1.807) is 12.1 Å². The number of phenolic OH excluding ortho intramolecular Hbond substituents is 1. The predicted molar refractivity (Wildman–Crippen MR) is 58.5 cm³/mol. The van der Waals surface area contributed by atoms with E-state index in [0.29, 0.717) is 5.75 Å². The van der Waals surface area contributed by atoms with Crippen LogP contribution in [0.15, 0.2) is 54.6 Å². The van der Waals surface area contributed by atoms with Crippen molar-refractivity contribution in [2.75, 3.05) is 0 Å². The van der Waals surface area contributed by atoms with Crippen LogP contribution in [0, 0.1) is 0 Å². The van der Waals surface area contributed by atoms with Crippen LogP contribution in [0.3, 0.4) is 0 Å². The minimum Gasteiger partial charge on any atom is -1.00 e. The Bertz CT molecular complexity index is 400. The van der Waals surface area contributed by atoms with Gasteiger partial charge in [0, 0.05) is 0 Å². The topological polar surface area (TPSA) is 20.2 Å². The summed E-state index contributed by atoms with van der Waals surface area (Å²) >= 11 is 0. The molecule has 2 aromatic carbocycles. The summed E-state index contributed by atoms with van der Waals surface area (Å²) in [6.45, 7) is 0. The zero-order valence-electron chi connectivity index (χ0n) is 9.85. The van der Waals surface area contributed by atoms with E-state index in [0.717, 1.165) is 6.42 Å². The maximum Gasteiger partial charge on any atom is 1.00 e. The molecule has 0 aliphatic heterocycles. The van der Waals surface area contributed by atoms with Crippen molar-refractivity contribution >= 4 is 0 Å². The molecule has 0 atom stereocenters. The van der Waals surface area contributed by atoms with Gasteiger partial charge in [-0.05, 0) is 29.7 Å². The molecule has 0 amide bonds. The van der Waals surface area contributed by atoms with E-state index in [-0.39, 0.29) is 31.0 Å². The molecule has 0 aromatic heterocycles. The molecule has 2 heteroatoms. The summed E-state index contributed by atoms with van der Waals surface area (Å²) < 4.78 is 0. The van der Waals surface area contributed by atoms with E-state index in [1.807, 2.05) is 30.3 Å². The fourth-order valence-electron chi connectivity index (χ4n) is 1.45. The summed E-state index contributed by atoms with van der Waals surface area (Å²) in [5.74, 6) is 0.321. The molecular weight excluding hydrogens is 195 g/mol. The van der Waals surface area contributed by atoms with Crippen LogP contribution in [0.1, 0.15) is 12.6 Å². The van der Waals surface area contributed by atoms with Gasteiger partial charge in [-0.2, -0.15) is 0 Å². The smallest absolute Gasteiger partial charge is 1.00 e. The Morgan fingerprint density at radius 2 is 1.33 bits per heavy atom. The maximum atomic E-state index is 9.12. The summed E-state index contributed by atoms with van der Waals surface area (Å²) in [4.78, 5) is 0. The minimum atomic E-state index is 0. The molecule has 0 heterocycles. The molecule has 0 unspecified atom stereocenters. The van der Waals surface area contributed by atoms with Crippen LogP contribution in [0.4, 0.5) is 0 Å². The standard InChI is InChI=1S/C13H12O.Na.H/c14-13-8-6-12(7-9-13)10-11-4-2-1-3-5-11;;/h1-9,14H,10H2;;/q;+1;-1. The van der Waals surface area contributed by atoms with Crippen molar-refractivity contribution in [2.45, 2.75) is 6.42 Å². The van der Waals surface area contributed by atoms with Gasteiger partial charge in [-0.3, -0.25) is 0 Å². The summed E-state index contributed by atoms with van der Waals surface area (Å²) in [6.07, 6.45) is 0.918. The Morgan fingerprint density at radius 3 is 1.93 bits per heavy atom. The van der Waals surface area contributed by atoms with Crippen LogP contribution >= 0.6 is 0 Å². The molecule has 15 heavy (non-hydrogen) atoms. The zero-order valence-corrected chi connectivity index (χ0v) is 10.9. The van der Waals surface area contributed by atoms with Crippen molar-refractivity contribution in [2.24, 2.45) is 0 Å². The summed E-state index contributed by atoms with van der Waals surface area (Å²) in [6, 6.07) is 17.6. The second-order valence-electron chi connectivity index (χ2n) is 3.33. The first-order valence-electron chi connectivity index (χ1n) is 4.66. The predicted octanol–water partition coefficient (Wildman–Crippen LogP) is 0.0995. The average molecular weight is 208 g/mol. The summed E-state index contributed by atoms with van der Waals surface area (Å²) in [5, 5.41) is 9.12. The molecule has 0 bridgehead atoms. The van der Waals surface area contributed by atoms with Gasteiger partial charge in [0.15, 0.2) is 0 Å². The van der Waals surface area contributed by atoms with E-state index < -0.39 is 0 Å². The van der Waals surface area contributed by atoms with E-state index in [4.69, 9.17) is 5.11 Å². The van der Waals surface area contributed by atoms with Gasteiger partial charge in [-0.1, -0.05) is 42.5 Å². The maximum absolute atomic E-state index is 9.12. The van der Waals surface area contributed by atoms with Gasteiger partial charge in [-0.15, -0.1) is 0 Å². The van der Waals surface area contributed by atoms with E-state index >= 15 is 0 Å². The molecule has 0 saturated heterocycles. The molecule has 2 aromatic rings. The quantitative estimate of drug-likeness (QED) is 0.694. The Morgan fingerprint density at radius 1 is 0.800 bits per heavy atom. The Balaban J connectivity index is 0.00000112. The van der Waals surface area contributed by atoms with Crippen molar-refractivity contribution in [3.8, 4) is 5.75 Å².